The highest BCUT2D eigenvalue weighted by Crippen LogP contribution is 2.23. The van der Waals surface area contributed by atoms with Crippen LogP contribution in [0.3, 0.4) is 0 Å². The Balaban J connectivity index is 1.04. The summed E-state index contributed by atoms with van der Waals surface area (Å²) >= 11 is 0. The maximum absolute atomic E-state index is 12.6. The molecule has 0 unspecified atom stereocenters. The highest BCUT2D eigenvalue weighted by atomic mass is 16.2. The van der Waals surface area contributed by atoms with E-state index in [1.54, 1.807) is 11.1 Å². The molecular formula is C27H32N6O2. The van der Waals surface area contributed by atoms with Gasteiger partial charge in [-0.3, -0.25) is 19.4 Å². The lowest BCUT2D eigenvalue weighted by Crippen LogP contribution is -2.47. The summed E-state index contributed by atoms with van der Waals surface area (Å²) in [6, 6.07) is 19.9. The fourth-order valence-electron chi connectivity index (χ4n) is 4.78. The fraction of sp³-hybridized carbons (Fsp3) is 0.370. The third-order valence-corrected chi connectivity index (χ3v) is 6.80. The number of aryl methyl sites for hydroxylation is 1. The Morgan fingerprint density at radius 3 is 2.46 bits per heavy atom. The number of hydrogen-bond acceptors (Lipinski definition) is 5. The predicted molar refractivity (Wildman–Crippen MR) is 137 cm³/mol. The van der Waals surface area contributed by atoms with Crippen molar-refractivity contribution in [2.75, 3.05) is 49.1 Å². The summed E-state index contributed by atoms with van der Waals surface area (Å²) in [5.41, 5.74) is 2.92. The van der Waals surface area contributed by atoms with E-state index in [0.29, 0.717) is 31.6 Å². The molecule has 0 bridgehead atoms. The summed E-state index contributed by atoms with van der Waals surface area (Å²) in [5, 5.41) is 7.30. The van der Waals surface area contributed by atoms with E-state index in [-0.39, 0.29) is 11.8 Å². The first-order valence-corrected chi connectivity index (χ1v) is 12.4. The Labute approximate surface area is 206 Å². The van der Waals surface area contributed by atoms with Gasteiger partial charge in [0.1, 0.15) is 5.82 Å². The summed E-state index contributed by atoms with van der Waals surface area (Å²) in [6.07, 6.45) is 3.11. The number of anilines is 2. The molecule has 2 aromatic carbocycles. The minimum absolute atomic E-state index is 0.0578. The molecule has 1 fully saturated rings. The number of piperazine rings is 1. The Morgan fingerprint density at radius 2 is 1.69 bits per heavy atom. The molecule has 182 valence electrons. The lowest BCUT2D eigenvalue weighted by atomic mass is 10.1. The predicted octanol–water partition coefficient (Wildman–Crippen LogP) is 2.76. The first-order valence-electron chi connectivity index (χ1n) is 12.4. The molecule has 2 aliphatic rings. The lowest BCUT2D eigenvalue weighted by Gasteiger charge is -2.36. The molecule has 1 saturated heterocycles. The van der Waals surface area contributed by atoms with Gasteiger partial charge in [0.2, 0.25) is 5.91 Å². The first-order chi connectivity index (χ1) is 17.2. The molecular weight excluding hydrogens is 440 g/mol. The van der Waals surface area contributed by atoms with E-state index in [9.17, 15) is 9.59 Å². The van der Waals surface area contributed by atoms with Crippen LogP contribution in [-0.4, -0.2) is 65.8 Å². The number of hydrogen-bond donors (Lipinski definition) is 1. The SMILES string of the molecule is O=C(NCCCN1CCN(c2ccccc2)CC1)c1ccc(CN2C(=O)CCn3nccc32)cc1. The van der Waals surface area contributed by atoms with Crippen molar-refractivity contribution < 1.29 is 9.59 Å². The summed E-state index contributed by atoms with van der Waals surface area (Å²) in [7, 11) is 0. The van der Waals surface area contributed by atoms with E-state index in [4.69, 9.17) is 0 Å². The highest BCUT2D eigenvalue weighted by Gasteiger charge is 2.24. The number of fused-ring (bicyclic) bond motifs is 1. The normalized spacial score (nSPS) is 16.3. The molecule has 2 aliphatic heterocycles. The van der Waals surface area contributed by atoms with Crippen LogP contribution in [0, 0.1) is 0 Å². The second-order valence-corrected chi connectivity index (χ2v) is 9.11. The van der Waals surface area contributed by atoms with Gasteiger partial charge in [-0.1, -0.05) is 30.3 Å². The Morgan fingerprint density at radius 1 is 0.914 bits per heavy atom. The van der Waals surface area contributed by atoms with Crippen molar-refractivity contribution in [3.63, 3.8) is 0 Å². The number of rotatable bonds is 8. The molecule has 5 rings (SSSR count). The highest BCUT2D eigenvalue weighted by molar-refractivity contribution is 5.95. The minimum atomic E-state index is -0.0578. The van der Waals surface area contributed by atoms with E-state index in [1.165, 1.54) is 5.69 Å². The van der Waals surface area contributed by atoms with Crippen LogP contribution in [0.25, 0.3) is 0 Å². The second-order valence-electron chi connectivity index (χ2n) is 9.11. The van der Waals surface area contributed by atoms with Gasteiger partial charge < -0.3 is 10.2 Å². The van der Waals surface area contributed by atoms with Crippen LogP contribution in [0.1, 0.15) is 28.8 Å². The van der Waals surface area contributed by atoms with Crippen LogP contribution >= 0.6 is 0 Å². The van der Waals surface area contributed by atoms with Crippen molar-refractivity contribution in [3.8, 4) is 0 Å². The topological polar surface area (TPSA) is 73.7 Å². The molecule has 1 N–H and O–H groups in total. The van der Waals surface area contributed by atoms with Gasteiger partial charge in [0, 0.05) is 56.5 Å². The molecule has 0 atom stereocenters. The Kier molecular flexibility index (Phi) is 7.09. The van der Waals surface area contributed by atoms with Crippen LogP contribution in [-0.2, 0) is 17.9 Å². The number of para-hydroxylation sites is 1. The summed E-state index contributed by atoms with van der Waals surface area (Å²) in [5.74, 6) is 0.864. The number of nitrogens with one attached hydrogen (secondary N) is 1. The molecule has 3 heterocycles. The Bertz CT molecular complexity index is 1140. The van der Waals surface area contributed by atoms with Crippen LogP contribution in [0.2, 0.25) is 0 Å². The molecule has 1 aromatic heterocycles. The van der Waals surface area contributed by atoms with Crippen molar-refractivity contribution in [2.24, 2.45) is 0 Å². The van der Waals surface area contributed by atoms with E-state index in [2.05, 4.69) is 50.5 Å². The molecule has 0 radical (unpaired) electrons. The van der Waals surface area contributed by atoms with Gasteiger partial charge in [-0.15, -0.1) is 0 Å². The first kappa shape index (κ1) is 23.1. The summed E-state index contributed by atoms with van der Waals surface area (Å²) in [4.78, 5) is 31.6. The number of carbonyl (C=O) groups is 2. The Hall–Kier alpha value is -3.65. The van der Waals surface area contributed by atoms with Crippen molar-refractivity contribution in [1.29, 1.82) is 0 Å². The molecule has 3 aromatic rings. The van der Waals surface area contributed by atoms with Gasteiger partial charge in [-0.05, 0) is 42.8 Å². The van der Waals surface area contributed by atoms with Gasteiger partial charge >= 0.3 is 0 Å². The third kappa shape index (κ3) is 5.54. The average Bonchev–Trinajstić information content (AvgIpc) is 3.39. The lowest BCUT2D eigenvalue weighted by molar-refractivity contribution is -0.119. The van der Waals surface area contributed by atoms with E-state index in [0.717, 1.165) is 50.5 Å². The van der Waals surface area contributed by atoms with Gasteiger partial charge in [-0.25, -0.2) is 4.68 Å². The maximum Gasteiger partial charge on any atom is 0.251 e. The zero-order chi connectivity index (χ0) is 24.0. The third-order valence-electron chi connectivity index (χ3n) is 6.80. The number of carbonyl (C=O) groups excluding carboxylic acids is 2. The van der Waals surface area contributed by atoms with Crippen LogP contribution in [0.15, 0.2) is 66.9 Å². The van der Waals surface area contributed by atoms with Crippen molar-refractivity contribution in [2.45, 2.75) is 25.9 Å². The molecule has 35 heavy (non-hydrogen) atoms. The standard InChI is InChI=1S/C27H32N6O2/c34-26-12-16-33-25(11-14-29-33)32(26)21-22-7-9-23(10-8-22)27(35)28-13-4-15-30-17-19-31(20-18-30)24-5-2-1-3-6-24/h1-3,5-11,14H,4,12-13,15-21H2,(H,28,35). The van der Waals surface area contributed by atoms with Crippen molar-refractivity contribution >= 4 is 23.3 Å². The second kappa shape index (κ2) is 10.7. The van der Waals surface area contributed by atoms with Gasteiger partial charge in [-0.2, -0.15) is 5.10 Å². The zero-order valence-corrected chi connectivity index (χ0v) is 20.0. The van der Waals surface area contributed by atoms with Crippen molar-refractivity contribution in [3.05, 3.63) is 78.0 Å². The van der Waals surface area contributed by atoms with Crippen LogP contribution < -0.4 is 15.1 Å². The van der Waals surface area contributed by atoms with Crippen LogP contribution in [0.4, 0.5) is 11.5 Å². The summed E-state index contributed by atoms with van der Waals surface area (Å²) in [6.45, 7) is 6.91. The fourth-order valence-corrected chi connectivity index (χ4v) is 4.78. The number of benzene rings is 2. The van der Waals surface area contributed by atoms with E-state index >= 15 is 0 Å². The van der Waals surface area contributed by atoms with Gasteiger partial charge in [0.05, 0.1) is 19.3 Å². The zero-order valence-electron chi connectivity index (χ0n) is 20.0. The number of nitrogens with zero attached hydrogens (tertiary/aromatic N) is 5. The maximum atomic E-state index is 12.6. The summed E-state index contributed by atoms with van der Waals surface area (Å²) < 4.78 is 1.85. The molecule has 8 nitrogen and oxygen atoms in total. The molecule has 2 amide bonds. The monoisotopic (exact) mass is 472 g/mol. The van der Waals surface area contributed by atoms with Crippen molar-refractivity contribution in [1.82, 2.24) is 20.0 Å². The molecule has 8 heteroatoms. The van der Waals surface area contributed by atoms with Gasteiger partial charge in [0.15, 0.2) is 0 Å². The van der Waals surface area contributed by atoms with E-state index in [1.807, 2.05) is 35.0 Å². The quantitative estimate of drug-likeness (QED) is 0.511. The van der Waals surface area contributed by atoms with Gasteiger partial charge in [0.25, 0.3) is 5.91 Å². The minimum Gasteiger partial charge on any atom is -0.369 e. The molecule has 0 spiro atoms. The van der Waals surface area contributed by atoms with E-state index < -0.39 is 0 Å². The number of aromatic nitrogens is 2. The number of amides is 2. The largest absolute Gasteiger partial charge is 0.369 e. The van der Waals surface area contributed by atoms with Crippen LogP contribution in [0.5, 0.6) is 0 Å². The average molecular weight is 473 g/mol. The molecule has 0 aliphatic carbocycles. The smallest absolute Gasteiger partial charge is 0.251 e. The molecule has 0 saturated carbocycles.